The SMILES string of the molecule is C=C(C)N(O)C(=O)C[C@@H](CC(C)C)C(=O)NC(C(=O)NC)C(C)(C)SC. The molecule has 0 aliphatic heterocycles. The number of nitrogens with one attached hydrogen (secondary N) is 2. The summed E-state index contributed by atoms with van der Waals surface area (Å²) in [5.41, 5.74) is 0.186. The number of allylic oxidation sites excluding steroid dienone is 1. The Hall–Kier alpha value is -1.54. The van der Waals surface area contributed by atoms with Crippen molar-refractivity contribution in [3.8, 4) is 0 Å². The van der Waals surface area contributed by atoms with Crippen LogP contribution >= 0.6 is 11.8 Å². The molecule has 0 radical (unpaired) electrons. The van der Waals surface area contributed by atoms with E-state index < -0.39 is 22.6 Å². The third-order valence-corrected chi connectivity index (χ3v) is 5.45. The van der Waals surface area contributed by atoms with Gasteiger partial charge in [0.05, 0.1) is 0 Å². The molecule has 0 fully saturated rings. The Morgan fingerprint density at radius 1 is 1.23 bits per heavy atom. The number of hydrogen-bond acceptors (Lipinski definition) is 5. The lowest BCUT2D eigenvalue weighted by Gasteiger charge is -2.33. The summed E-state index contributed by atoms with van der Waals surface area (Å²) in [5, 5.41) is 15.5. The molecule has 26 heavy (non-hydrogen) atoms. The highest BCUT2D eigenvalue weighted by molar-refractivity contribution is 8.00. The van der Waals surface area contributed by atoms with Gasteiger partial charge in [0.1, 0.15) is 6.04 Å². The van der Waals surface area contributed by atoms with Crippen molar-refractivity contribution >= 4 is 29.5 Å². The summed E-state index contributed by atoms with van der Waals surface area (Å²) in [6.45, 7) is 12.6. The van der Waals surface area contributed by atoms with Gasteiger partial charge >= 0.3 is 0 Å². The summed E-state index contributed by atoms with van der Waals surface area (Å²) in [6.07, 6.45) is 2.17. The molecule has 0 rings (SSSR count). The smallest absolute Gasteiger partial charge is 0.251 e. The first-order chi connectivity index (χ1) is 11.9. The van der Waals surface area contributed by atoms with E-state index in [4.69, 9.17) is 0 Å². The van der Waals surface area contributed by atoms with E-state index in [0.29, 0.717) is 11.5 Å². The quantitative estimate of drug-likeness (QED) is 0.394. The lowest BCUT2D eigenvalue weighted by atomic mass is 9.91. The van der Waals surface area contributed by atoms with Crippen LogP contribution in [-0.2, 0) is 14.4 Å². The van der Waals surface area contributed by atoms with Crippen LogP contribution in [0.5, 0.6) is 0 Å². The summed E-state index contributed by atoms with van der Waals surface area (Å²) in [7, 11) is 1.52. The number of carbonyl (C=O) groups excluding carboxylic acids is 3. The van der Waals surface area contributed by atoms with E-state index in [2.05, 4.69) is 17.2 Å². The summed E-state index contributed by atoms with van der Waals surface area (Å²) >= 11 is 1.47. The first-order valence-corrected chi connectivity index (χ1v) is 9.84. The van der Waals surface area contributed by atoms with E-state index in [0.717, 1.165) is 0 Å². The van der Waals surface area contributed by atoms with Gasteiger partial charge in [0.25, 0.3) is 5.91 Å². The first-order valence-electron chi connectivity index (χ1n) is 8.61. The number of amides is 3. The van der Waals surface area contributed by atoms with Gasteiger partial charge in [0.15, 0.2) is 0 Å². The Kier molecular flexibility index (Phi) is 9.94. The van der Waals surface area contributed by atoms with Crippen LogP contribution < -0.4 is 10.6 Å². The van der Waals surface area contributed by atoms with E-state index >= 15 is 0 Å². The van der Waals surface area contributed by atoms with Gasteiger partial charge in [-0.25, -0.2) is 0 Å². The number of rotatable bonds is 10. The van der Waals surface area contributed by atoms with Crippen molar-refractivity contribution in [1.82, 2.24) is 15.7 Å². The van der Waals surface area contributed by atoms with E-state index in [1.165, 1.54) is 25.7 Å². The van der Waals surface area contributed by atoms with Crippen LogP contribution in [0, 0.1) is 11.8 Å². The molecule has 0 aromatic rings. The molecule has 2 atom stereocenters. The maximum Gasteiger partial charge on any atom is 0.251 e. The van der Waals surface area contributed by atoms with Crippen LogP contribution in [-0.4, -0.2) is 52.1 Å². The molecule has 0 saturated carbocycles. The zero-order valence-corrected chi connectivity index (χ0v) is 17.7. The van der Waals surface area contributed by atoms with Crippen molar-refractivity contribution < 1.29 is 19.6 Å². The van der Waals surface area contributed by atoms with Crippen LogP contribution in [0.15, 0.2) is 12.3 Å². The molecule has 0 spiro atoms. The number of likely N-dealkylation sites (N-methyl/N-ethyl adjacent to an activating group) is 1. The molecule has 0 heterocycles. The topological polar surface area (TPSA) is 98.7 Å². The molecule has 0 bridgehead atoms. The Bertz CT molecular complexity index is 535. The molecule has 1 unspecified atom stereocenters. The highest BCUT2D eigenvalue weighted by Crippen LogP contribution is 2.27. The van der Waals surface area contributed by atoms with Crippen molar-refractivity contribution in [1.29, 1.82) is 0 Å². The third-order valence-electron chi connectivity index (χ3n) is 4.16. The van der Waals surface area contributed by atoms with Gasteiger partial charge in [-0.2, -0.15) is 16.8 Å². The fourth-order valence-electron chi connectivity index (χ4n) is 2.44. The highest BCUT2D eigenvalue weighted by atomic mass is 32.2. The molecule has 0 aliphatic rings. The predicted octanol–water partition coefficient (Wildman–Crippen LogP) is 2.16. The second-order valence-corrected chi connectivity index (χ2v) is 8.80. The van der Waals surface area contributed by atoms with Crippen molar-refractivity contribution in [2.45, 2.75) is 58.2 Å². The normalized spacial score (nSPS) is 13.7. The zero-order chi connectivity index (χ0) is 20.7. The van der Waals surface area contributed by atoms with Gasteiger partial charge in [-0.05, 0) is 39.4 Å². The minimum absolute atomic E-state index is 0.159. The summed E-state index contributed by atoms with van der Waals surface area (Å²) in [5.74, 6) is -1.75. The molecular weight excluding hydrogens is 354 g/mol. The lowest BCUT2D eigenvalue weighted by Crippen LogP contribution is -2.57. The average molecular weight is 388 g/mol. The lowest BCUT2D eigenvalue weighted by molar-refractivity contribution is -0.159. The van der Waals surface area contributed by atoms with Crippen molar-refractivity contribution in [3.05, 3.63) is 12.3 Å². The summed E-state index contributed by atoms with van der Waals surface area (Å²) < 4.78 is -0.525. The Morgan fingerprint density at radius 3 is 2.15 bits per heavy atom. The molecule has 0 aliphatic carbocycles. The summed E-state index contributed by atoms with van der Waals surface area (Å²) in [4.78, 5) is 37.2. The molecule has 0 aromatic heterocycles. The van der Waals surface area contributed by atoms with Crippen molar-refractivity contribution in [2.24, 2.45) is 11.8 Å². The Labute approximate surface area is 160 Å². The van der Waals surface area contributed by atoms with Gasteiger partial charge < -0.3 is 10.6 Å². The average Bonchev–Trinajstić information content (AvgIpc) is 2.56. The molecular formula is C18H33N3O4S. The third kappa shape index (κ3) is 7.37. The fourth-order valence-corrected chi connectivity index (χ4v) is 2.84. The highest BCUT2D eigenvalue weighted by Gasteiger charge is 2.37. The first kappa shape index (κ1) is 24.5. The van der Waals surface area contributed by atoms with Crippen LogP contribution in [0.4, 0.5) is 0 Å². The molecule has 8 heteroatoms. The van der Waals surface area contributed by atoms with Crippen molar-refractivity contribution in [2.75, 3.05) is 13.3 Å². The van der Waals surface area contributed by atoms with E-state index in [1.54, 1.807) is 0 Å². The molecule has 3 amide bonds. The largest absolute Gasteiger partial charge is 0.357 e. The van der Waals surface area contributed by atoms with Gasteiger partial charge in [0.2, 0.25) is 11.8 Å². The minimum atomic E-state index is -0.744. The Morgan fingerprint density at radius 2 is 1.77 bits per heavy atom. The number of nitrogens with zero attached hydrogens (tertiary/aromatic N) is 1. The zero-order valence-electron chi connectivity index (χ0n) is 16.9. The van der Waals surface area contributed by atoms with Crippen LogP contribution in [0.25, 0.3) is 0 Å². The van der Waals surface area contributed by atoms with E-state index in [-0.39, 0.29) is 29.9 Å². The van der Waals surface area contributed by atoms with Crippen LogP contribution in [0.2, 0.25) is 0 Å². The molecule has 0 saturated heterocycles. The van der Waals surface area contributed by atoms with Crippen LogP contribution in [0.1, 0.15) is 47.5 Å². The summed E-state index contributed by atoms with van der Waals surface area (Å²) in [6, 6.07) is -0.744. The monoisotopic (exact) mass is 387 g/mol. The standard InChI is InChI=1S/C18H33N3O4S/c1-11(2)9-13(10-14(22)21(25)12(3)4)16(23)20-15(17(24)19-7)18(5,6)26-8/h11,13,15,25H,3,9-10H2,1-2,4-8H3,(H,19,24)(H,20,23)/t13-,15?/m1/s1. The number of carbonyl (C=O) groups is 3. The molecule has 150 valence electrons. The molecule has 3 N–H and O–H groups in total. The van der Waals surface area contributed by atoms with Gasteiger partial charge in [0, 0.05) is 29.8 Å². The van der Waals surface area contributed by atoms with Crippen LogP contribution in [0.3, 0.4) is 0 Å². The van der Waals surface area contributed by atoms with Gasteiger partial charge in [-0.3, -0.25) is 19.6 Å². The van der Waals surface area contributed by atoms with Crippen molar-refractivity contribution in [3.63, 3.8) is 0 Å². The van der Waals surface area contributed by atoms with E-state index in [1.807, 2.05) is 34.0 Å². The maximum absolute atomic E-state index is 12.8. The number of hydrogen-bond donors (Lipinski definition) is 3. The Balaban J connectivity index is 5.42. The van der Waals surface area contributed by atoms with Gasteiger partial charge in [-0.1, -0.05) is 20.4 Å². The number of hydroxylamine groups is 2. The fraction of sp³-hybridized carbons (Fsp3) is 0.722. The molecule has 0 aromatic carbocycles. The maximum atomic E-state index is 12.8. The van der Waals surface area contributed by atoms with E-state index in [9.17, 15) is 19.6 Å². The van der Waals surface area contributed by atoms with Gasteiger partial charge in [-0.15, -0.1) is 0 Å². The minimum Gasteiger partial charge on any atom is -0.357 e. The second kappa shape index (κ2) is 10.6. The predicted molar refractivity (Wildman–Crippen MR) is 105 cm³/mol. The second-order valence-electron chi connectivity index (χ2n) is 7.33. The molecule has 7 nitrogen and oxygen atoms in total. The number of thioether (sulfide) groups is 1.